The Morgan fingerprint density at radius 2 is 1.86 bits per heavy atom. The number of hydrogen-bond donors (Lipinski definition) is 2. The van der Waals surface area contributed by atoms with Crippen molar-refractivity contribution < 1.29 is 4.79 Å². The van der Waals surface area contributed by atoms with E-state index in [2.05, 4.69) is 22.5 Å². The van der Waals surface area contributed by atoms with E-state index in [1.165, 1.54) is 0 Å². The van der Waals surface area contributed by atoms with Crippen LogP contribution in [-0.2, 0) is 0 Å². The van der Waals surface area contributed by atoms with E-state index in [0.29, 0.717) is 17.3 Å². The van der Waals surface area contributed by atoms with Gasteiger partial charge in [-0.25, -0.2) is 15.0 Å². The van der Waals surface area contributed by atoms with Gasteiger partial charge in [0.15, 0.2) is 11.6 Å². The van der Waals surface area contributed by atoms with E-state index in [1.807, 2.05) is 54.7 Å². The fourth-order valence-corrected chi connectivity index (χ4v) is 3.07. The summed E-state index contributed by atoms with van der Waals surface area (Å²) in [4.78, 5) is 25.7. The number of anilines is 3. The first-order valence-electron chi connectivity index (χ1n) is 9.33. The molecule has 2 heterocycles. The number of rotatable bonds is 6. The van der Waals surface area contributed by atoms with Crippen LogP contribution in [0.1, 0.15) is 30.6 Å². The Labute approximate surface area is 163 Å². The number of benzene rings is 2. The lowest BCUT2D eigenvalue weighted by atomic mass is 10.1. The molecule has 2 aromatic heterocycles. The van der Waals surface area contributed by atoms with Crippen LogP contribution in [0.4, 0.5) is 17.5 Å². The van der Waals surface area contributed by atoms with Crippen LogP contribution in [0.15, 0.2) is 54.7 Å². The van der Waals surface area contributed by atoms with Crippen LogP contribution in [0.25, 0.3) is 21.8 Å². The van der Waals surface area contributed by atoms with Crippen molar-refractivity contribution in [3.05, 3.63) is 60.3 Å². The van der Waals surface area contributed by atoms with E-state index in [4.69, 9.17) is 9.97 Å². The molecule has 0 spiro atoms. The fourth-order valence-electron chi connectivity index (χ4n) is 3.07. The standard InChI is InChI=1S/C22H21N5O/c1-3-11-23-22-24-13-18-17-10-9-15(14(2)28)12-19(17)26-21(20(18)27-22)25-16-7-5-4-6-8-16/h4-10,12-13H,3,11H2,1-2H3,(H,25,26)(H,23,24,27). The molecule has 0 amide bonds. The average molecular weight is 371 g/mol. The summed E-state index contributed by atoms with van der Waals surface area (Å²) >= 11 is 0. The molecule has 4 aromatic rings. The Morgan fingerprint density at radius 1 is 1.04 bits per heavy atom. The summed E-state index contributed by atoms with van der Waals surface area (Å²) in [6, 6.07) is 15.4. The highest BCUT2D eigenvalue weighted by Crippen LogP contribution is 2.30. The molecule has 0 aliphatic heterocycles. The minimum atomic E-state index is 0.0109. The van der Waals surface area contributed by atoms with E-state index in [1.54, 1.807) is 6.92 Å². The second kappa shape index (κ2) is 7.60. The molecule has 2 aromatic carbocycles. The normalized spacial score (nSPS) is 10.9. The highest BCUT2D eigenvalue weighted by Gasteiger charge is 2.13. The molecule has 0 aliphatic rings. The predicted molar refractivity (Wildman–Crippen MR) is 113 cm³/mol. The number of aromatic nitrogens is 3. The van der Waals surface area contributed by atoms with Crippen molar-refractivity contribution >= 4 is 45.0 Å². The molecule has 6 nitrogen and oxygen atoms in total. The minimum Gasteiger partial charge on any atom is -0.354 e. The van der Waals surface area contributed by atoms with Crippen molar-refractivity contribution in [1.29, 1.82) is 0 Å². The third-order valence-corrected chi connectivity index (χ3v) is 4.51. The van der Waals surface area contributed by atoms with Crippen LogP contribution < -0.4 is 10.6 Å². The highest BCUT2D eigenvalue weighted by atomic mass is 16.1. The number of fused-ring (bicyclic) bond motifs is 3. The Hall–Kier alpha value is -3.54. The van der Waals surface area contributed by atoms with Gasteiger partial charge in [0.05, 0.1) is 5.52 Å². The van der Waals surface area contributed by atoms with Gasteiger partial charge in [-0.1, -0.05) is 37.3 Å². The van der Waals surface area contributed by atoms with Crippen LogP contribution in [0.2, 0.25) is 0 Å². The van der Waals surface area contributed by atoms with Crippen molar-refractivity contribution in [2.75, 3.05) is 17.2 Å². The van der Waals surface area contributed by atoms with Crippen molar-refractivity contribution in [2.45, 2.75) is 20.3 Å². The van der Waals surface area contributed by atoms with Gasteiger partial charge in [0.1, 0.15) is 5.52 Å². The molecule has 0 atom stereocenters. The number of hydrogen-bond acceptors (Lipinski definition) is 6. The van der Waals surface area contributed by atoms with E-state index >= 15 is 0 Å². The maximum absolute atomic E-state index is 11.8. The summed E-state index contributed by atoms with van der Waals surface area (Å²) in [6.07, 6.45) is 2.80. The number of Topliss-reactive ketones (excluding diaryl/α,β-unsaturated/α-hetero) is 1. The van der Waals surface area contributed by atoms with Crippen molar-refractivity contribution in [3.8, 4) is 0 Å². The second-order valence-corrected chi connectivity index (χ2v) is 6.62. The van der Waals surface area contributed by atoms with Gasteiger partial charge < -0.3 is 10.6 Å². The number of carbonyl (C=O) groups excluding carboxylic acids is 1. The van der Waals surface area contributed by atoms with Crippen molar-refractivity contribution in [3.63, 3.8) is 0 Å². The largest absolute Gasteiger partial charge is 0.354 e. The van der Waals surface area contributed by atoms with E-state index in [9.17, 15) is 4.79 Å². The topological polar surface area (TPSA) is 79.8 Å². The minimum absolute atomic E-state index is 0.0109. The van der Waals surface area contributed by atoms with Gasteiger partial charge in [-0.15, -0.1) is 0 Å². The Balaban J connectivity index is 1.93. The Morgan fingerprint density at radius 3 is 2.61 bits per heavy atom. The molecule has 0 saturated heterocycles. The quantitative estimate of drug-likeness (QED) is 0.369. The lowest BCUT2D eigenvalue weighted by molar-refractivity contribution is 0.101. The number of nitrogens with zero attached hydrogens (tertiary/aromatic N) is 3. The molecular weight excluding hydrogens is 350 g/mol. The Kier molecular flexibility index (Phi) is 4.85. The van der Waals surface area contributed by atoms with Gasteiger partial charge in [0.25, 0.3) is 0 Å². The van der Waals surface area contributed by atoms with Gasteiger partial charge in [-0.3, -0.25) is 4.79 Å². The lowest BCUT2D eigenvalue weighted by Crippen LogP contribution is -2.06. The highest BCUT2D eigenvalue weighted by molar-refractivity contribution is 6.10. The summed E-state index contributed by atoms with van der Waals surface area (Å²) in [7, 11) is 0. The molecule has 140 valence electrons. The monoisotopic (exact) mass is 371 g/mol. The van der Waals surface area contributed by atoms with Gasteiger partial charge >= 0.3 is 0 Å². The SMILES string of the molecule is CCCNc1ncc2c(n1)c(Nc1ccccc1)nc1cc(C(C)=O)ccc12. The van der Waals surface area contributed by atoms with Gasteiger partial charge in [-0.05, 0) is 31.5 Å². The Bertz CT molecular complexity index is 1160. The van der Waals surface area contributed by atoms with Crippen LogP contribution in [-0.4, -0.2) is 27.3 Å². The molecule has 0 saturated carbocycles. The maximum Gasteiger partial charge on any atom is 0.223 e. The molecule has 6 heteroatoms. The number of nitrogens with one attached hydrogen (secondary N) is 2. The van der Waals surface area contributed by atoms with Crippen LogP contribution in [0.5, 0.6) is 0 Å². The third kappa shape index (κ3) is 3.49. The molecule has 4 rings (SSSR count). The van der Waals surface area contributed by atoms with Crippen molar-refractivity contribution in [1.82, 2.24) is 15.0 Å². The lowest BCUT2D eigenvalue weighted by Gasteiger charge is -2.12. The smallest absolute Gasteiger partial charge is 0.223 e. The molecule has 2 N–H and O–H groups in total. The summed E-state index contributed by atoms with van der Waals surface area (Å²) < 4.78 is 0. The number of ketones is 1. The summed E-state index contributed by atoms with van der Waals surface area (Å²) in [5, 5.41) is 8.39. The zero-order valence-corrected chi connectivity index (χ0v) is 15.9. The van der Waals surface area contributed by atoms with Crippen molar-refractivity contribution in [2.24, 2.45) is 0 Å². The van der Waals surface area contributed by atoms with E-state index in [0.717, 1.165) is 40.5 Å². The molecule has 0 fully saturated rings. The predicted octanol–water partition coefficient (Wildman–Crippen LogP) is 4.95. The third-order valence-electron chi connectivity index (χ3n) is 4.51. The molecule has 0 aliphatic carbocycles. The summed E-state index contributed by atoms with van der Waals surface area (Å²) in [5.41, 5.74) is 3.02. The van der Waals surface area contributed by atoms with Gasteiger partial charge in [-0.2, -0.15) is 0 Å². The van der Waals surface area contributed by atoms with Crippen LogP contribution in [0, 0.1) is 0 Å². The molecule has 0 bridgehead atoms. The number of para-hydroxylation sites is 1. The fraction of sp³-hybridized carbons (Fsp3) is 0.182. The summed E-state index contributed by atoms with van der Waals surface area (Å²) in [6.45, 7) is 4.45. The maximum atomic E-state index is 11.8. The average Bonchev–Trinajstić information content (AvgIpc) is 2.72. The zero-order valence-electron chi connectivity index (χ0n) is 15.9. The van der Waals surface area contributed by atoms with E-state index < -0.39 is 0 Å². The van der Waals surface area contributed by atoms with E-state index in [-0.39, 0.29) is 5.78 Å². The molecule has 0 unspecified atom stereocenters. The van der Waals surface area contributed by atoms with Gasteiger partial charge in [0.2, 0.25) is 5.95 Å². The van der Waals surface area contributed by atoms with Gasteiger partial charge in [0, 0.05) is 34.8 Å². The number of pyridine rings is 1. The number of carbonyl (C=O) groups is 1. The molecular formula is C22H21N5O. The van der Waals surface area contributed by atoms with Crippen LogP contribution >= 0.6 is 0 Å². The first-order valence-corrected chi connectivity index (χ1v) is 9.33. The molecule has 28 heavy (non-hydrogen) atoms. The first-order chi connectivity index (χ1) is 13.7. The summed E-state index contributed by atoms with van der Waals surface area (Å²) in [5.74, 6) is 1.22. The molecule has 0 radical (unpaired) electrons. The first kappa shape index (κ1) is 17.9. The zero-order chi connectivity index (χ0) is 19.5. The van der Waals surface area contributed by atoms with Crippen LogP contribution in [0.3, 0.4) is 0 Å². The second-order valence-electron chi connectivity index (χ2n) is 6.62.